The van der Waals surface area contributed by atoms with Crippen molar-refractivity contribution in [1.82, 2.24) is 10.2 Å². The van der Waals surface area contributed by atoms with Crippen molar-refractivity contribution in [3.63, 3.8) is 0 Å². The van der Waals surface area contributed by atoms with Crippen molar-refractivity contribution in [2.45, 2.75) is 17.8 Å². The highest BCUT2D eigenvalue weighted by atomic mass is 32.2. The smallest absolute Gasteiger partial charge is 0.256 e. The maximum absolute atomic E-state index is 12.6. The molecule has 2 heterocycles. The van der Waals surface area contributed by atoms with E-state index >= 15 is 0 Å². The number of fused-ring (bicyclic) bond motifs is 3. The fraction of sp³-hybridized carbons (Fsp3) is 0.263. The minimum absolute atomic E-state index is 0.0152. The van der Waals surface area contributed by atoms with E-state index in [2.05, 4.69) is 5.32 Å². The average Bonchev–Trinajstić information content (AvgIpc) is 3.17. The summed E-state index contributed by atoms with van der Waals surface area (Å²) in [5, 5.41) is 2.97. The predicted octanol–water partition coefficient (Wildman–Crippen LogP) is 2.62. The van der Waals surface area contributed by atoms with Gasteiger partial charge in [-0.05, 0) is 23.6 Å². The molecule has 0 saturated carbocycles. The first-order valence-corrected chi connectivity index (χ1v) is 9.15. The average molecular weight is 338 g/mol. The Balaban J connectivity index is 1.41. The number of thioether (sulfide) groups is 1. The van der Waals surface area contributed by atoms with Crippen molar-refractivity contribution >= 4 is 23.6 Å². The highest BCUT2D eigenvalue weighted by Gasteiger charge is 2.48. The molecule has 1 N–H and O–H groups in total. The molecule has 0 spiro atoms. The molecule has 122 valence electrons. The van der Waals surface area contributed by atoms with Gasteiger partial charge in [0, 0.05) is 17.9 Å². The summed E-state index contributed by atoms with van der Waals surface area (Å²) in [7, 11) is 0. The maximum atomic E-state index is 12.6. The molecule has 4 rings (SSSR count). The van der Waals surface area contributed by atoms with Gasteiger partial charge in [0.1, 0.15) is 11.4 Å². The van der Waals surface area contributed by atoms with Crippen LogP contribution in [-0.2, 0) is 11.2 Å². The quantitative estimate of drug-likeness (QED) is 0.932. The van der Waals surface area contributed by atoms with Crippen LogP contribution in [0, 0.1) is 0 Å². The van der Waals surface area contributed by atoms with Crippen LogP contribution in [-0.4, -0.2) is 35.1 Å². The molecule has 2 aromatic carbocycles. The monoisotopic (exact) mass is 338 g/mol. The van der Waals surface area contributed by atoms with Gasteiger partial charge in [-0.3, -0.25) is 9.59 Å². The number of carbonyl (C=O) groups is 2. The molecule has 24 heavy (non-hydrogen) atoms. The van der Waals surface area contributed by atoms with Gasteiger partial charge in [-0.1, -0.05) is 48.5 Å². The van der Waals surface area contributed by atoms with Crippen molar-refractivity contribution in [3.05, 3.63) is 71.3 Å². The van der Waals surface area contributed by atoms with Crippen LogP contribution >= 0.6 is 11.8 Å². The molecular weight excluding hydrogens is 320 g/mol. The van der Waals surface area contributed by atoms with Gasteiger partial charge in [-0.2, -0.15) is 0 Å². The summed E-state index contributed by atoms with van der Waals surface area (Å²) in [6, 6.07) is 17.3. The summed E-state index contributed by atoms with van der Waals surface area (Å²) in [5.41, 5.74) is 2.96. The second kappa shape index (κ2) is 6.32. The minimum Gasteiger partial charge on any atom is -0.354 e. The molecule has 1 fully saturated rings. The summed E-state index contributed by atoms with van der Waals surface area (Å²) < 4.78 is 0. The molecule has 2 aliphatic rings. The molecule has 2 aromatic rings. The van der Waals surface area contributed by atoms with E-state index in [4.69, 9.17) is 0 Å². The molecule has 1 saturated heterocycles. The van der Waals surface area contributed by atoms with Gasteiger partial charge in [0.2, 0.25) is 5.91 Å². The first-order valence-electron chi connectivity index (χ1n) is 8.10. The lowest BCUT2D eigenvalue weighted by Gasteiger charge is -2.22. The van der Waals surface area contributed by atoms with E-state index in [1.54, 1.807) is 16.7 Å². The topological polar surface area (TPSA) is 49.4 Å². The standard InChI is InChI=1S/C19H18N2O2S/c22-17(20-11-10-13-6-2-1-3-7-13)16-12-24-19-15-9-5-4-8-14(15)18(23)21(16)19/h1-9,16,19H,10-12H2,(H,20,22)/t16-,19-/m0/s1. The second-order valence-corrected chi connectivity index (χ2v) is 7.14. The largest absolute Gasteiger partial charge is 0.354 e. The van der Waals surface area contributed by atoms with E-state index in [0.717, 1.165) is 17.5 Å². The molecule has 2 aliphatic heterocycles. The van der Waals surface area contributed by atoms with Crippen molar-refractivity contribution in [2.75, 3.05) is 12.3 Å². The van der Waals surface area contributed by atoms with E-state index in [1.807, 2.05) is 54.6 Å². The summed E-state index contributed by atoms with van der Waals surface area (Å²) >= 11 is 1.67. The van der Waals surface area contributed by atoms with Crippen molar-refractivity contribution < 1.29 is 9.59 Å². The van der Waals surface area contributed by atoms with Gasteiger partial charge < -0.3 is 10.2 Å². The van der Waals surface area contributed by atoms with Gasteiger partial charge in [-0.25, -0.2) is 0 Å². The molecule has 0 radical (unpaired) electrons. The van der Waals surface area contributed by atoms with Crippen LogP contribution in [0.5, 0.6) is 0 Å². The van der Waals surface area contributed by atoms with Crippen LogP contribution in [0.15, 0.2) is 54.6 Å². The molecule has 5 heteroatoms. The van der Waals surface area contributed by atoms with Crippen LogP contribution in [0.2, 0.25) is 0 Å². The van der Waals surface area contributed by atoms with E-state index in [1.165, 1.54) is 5.56 Å². The molecule has 0 aliphatic carbocycles. The highest BCUT2D eigenvalue weighted by Crippen LogP contribution is 2.47. The Labute approximate surface area is 145 Å². The number of nitrogens with one attached hydrogen (secondary N) is 1. The molecule has 0 aromatic heterocycles. The Bertz CT molecular complexity index is 778. The summed E-state index contributed by atoms with van der Waals surface area (Å²) in [5.74, 6) is 0.577. The number of benzene rings is 2. The first kappa shape index (κ1) is 15.3. The van der Waals surface area contributed by atoms with Gasteiger partial charge in [0.25, 0.3) is 5.91 Å². The fourth-order valence-corrected chi connectivity index (χ4v) is 4.80. The van der Waals surface area contributed by atoms with Crippen LogP contribution in [0.1, 0.15) is 26.9 Å². The molecule has 2 atom stereocenters. The van der Waals surface area contributed by atoms with E-state index in [9.17, 15) is 9.59 Å². The number of hydrogen-bond donors (Lipinski definition) is 1. The third-order valence-corrected chi connectivity index (χ3v) is 5.86. The third kappa shape index (κ3) is 2.59. The molecule has 4 nitrogen and oxygen atoms in total. The number of carbonyl (C=O) groups excluding carboxylic acids is 2. The van der Waals surface area contributed by atoms with Crippen molar-refractivity contribution in [1.29, 1.82) is 0 Å². The van der Waals surface area contributed by atoms with Crippen LogP contribution in [0.4, 0.5) is 0 Å². The lowest BCUT2D eigenvalue weighted by atomic mass is 10.1. The molecule has 0 bridgehead atoms. The molecular formula is C19H18N2O2S. The van der Waals surface area contributed by atoms with E-state index in [0.29, 0.717) is 12.3 Å². The van der Waals surface area contributed by atoms with Gasteiger partial charge >= 0.3 is 0 Å². The second-order valence-electron chi connectivity index (χ2n) is 6.03. The van der Waals surface area contributed by atoms with Crippen LogP contribution in [0.3, 0.4) is 0 Å². The summed E-state index contributed by atoms with van der Waals surface area (Å²) in [6.45, 7) is 0.587. The Kier molecular flexibility index (Phi) is 4.02. The SMILES string of the molecule is O=C(NCCc1ccccc1)[C@@H]1CS[C@H]2c3ccccc3C(=O)N12. The van der Waals surface area contributed by atoms with Gasteiger partial charge in [-0.15, -0.1) is 11.8 Å². The number of amides is 2. The normalized spacial score (nSPS) is 21.5. The van der Waals surface area contributed by atoms with E-state index < -0.39 is 0 Å². The maximum Gasteiger partial charge on any atom is 0.256 e. The number of rotatable bonds is 4. The molecule has 0 unspecified atom stereocenters. The van der Waals surface area contributed by atoms with Crippen molar-refractivity contribution in [3.8, 4) is 0 Å². The fourth-order valence-electron chi connectivity index (χ4n) is 3.33. The Morgan fingerprint density at radius 3 is 2.71 bits per heavy atom. The lowest BCUT2D eigenvalue weighted by molar-refractivity contribution is -0.124. The Morgan fingerprint density at radius 1 is 1.12 bits per heavy atom. The Hall–Kier alpha value is -2.27. The van der Waals surface area contributed by atoms with Crippen LogP contribution < -0.4 is 5.32 Å². The zero-order valence-corrected chi connectivity index (χ0v) is 14.0. The highest BCUT2D eigenvalue weighted by molar-refractivity contribution is 7.99. The number of hydrogen-bond acceptors (Lipinski definition) is 3. The van der Waals surface area contributed by atoms with E-state index in [-0.39, 0.29) is 23.2 Å². The Morgan fingerprint density at radius 2 is 1.88 bits per heavy atom. The molecule has 2 amide bonds. The summed E-state index contributed by atoms with van der Waals surface area (Å²) in [6.07, 6.45) is 0.796. The van der Waals surface area contributed by atoms with Gasteiger partial charge in [0.05, 0.1) is 0 Å². The van der Waals surface area contributed by atoms with Crippen LogP contribution in [0.25, 0.3) is 0 Å². The first-order chi connectivity index (χ1) is 11.8. The van der Waals surface area contributed by atoms with Crippen molar-refractivity contribution in [2.24, 2.45) is 0 Å². The lowest BCUT2D eigenvalue weighted by Crippen LogP contribution is -2.46. The predicted molar refractivity (Wildman–Crippen MR) is 94.8 cm³/mol. The zero-order valence-electron chi connectivity index (χ0n) is 13.1. The number of nitrogens with zero attached hydrogens (tertiary/aromatic N) is 1. The minimum atomic E-state index is -0.379. The van der Waals surface area contributed by atoms with Gasteiger partial charge in [0.15, 0.2) is 0 Å². The summed E-state index contributed by atoms with van der Waals surface area (Å²) in [4.78, 5) is 26.9. The zero-order chi connectivity index (χ0) is 16.5. The third-order valence-electron chi connectivity index (χ3n) is 4.55.